The monoisotopic (exact) mass is 356 g/mol. The number of alkyl halides is 3. The molecule has 2 amide bonds. The number of hydrogen-bond donors (Lipinski definition) is 1. The first kappa shape index (κ1) is 18.6. The van der Waals surface area contributed by atoms with Gasteiger partial charge in [-0.25, -0.2) is 9.18 Å². The second kappa shape index (κ2) is 7.87. The first-order chi connectivity index (χ1) is 11.8. The van der Waals surface area contributed by atoms with Gasteiger partial charge in [0.25, 0.3) is 0 Å². The fourth-order valence-electron chi connectivity index (χ4n) is 1.92. The summed E-state index contributed by atoms with van der Waals surface area (Å²) in [5, 5.41) is 2.39. The average Bonchev–Trinajstić information content (AvgIpc) is 2.56. The number of anilines is 1. The number of amides is 2. The molecule has 0 atom stereocenters. The van der Waals surface area contributed by atoms with Gasteiger partial charge in [-0.15, -0.1) is 0 Å². The zero-order valence-corrected chi connectivity index (χ0v) is 13.3. The van der Waals surface area contributed by atoms with E-state index in [0.29, 0.717) is 5.75 Å². The molecule has 0 bridgehead atoms. The predicted octanol–water partition coefficient (Wildman–Crippen LogP) is 4.39. The number of nitrogens with zero attached hydrogens (tertiary/aromatic N) is 1. The zero-order valence-electron chi connectivity index (χ0n) is 13.3. The molecule has 0 saturated heterocycles. The van der Waals surface area contributed by atoms with Gasteiger partial charge in [0.2, 0.25) is 0 Å². The van der Waals surface area contributed by atoms with Crippen molar-refractivity contribution in [1.82, 2.24) is 4.90 Å². The molecular weight excluding hydrogens is 340 g/mol. The van der Waals surface area contributed by atoms with Crippen molar-refractivity contribution in [1.29, 1.82) is 0 Å². The molecule has 0 aliphatic rings. The zero-order chi connectivity index (χ0) is 18.4. The maximum atomic E-state index is 12.8. The van der Waals surface area contributed by atoms with E-state index >= 15 is 0 Å². The molecule has 0 fully saturated rings. The van der Waals surface area contributed by atoms with E-state index in [2.05, 4.69) is 5.32 Å². The number of likely N-dealkylation sites (N-methyl/N-ethyl adjacent to an activating group) is 1. The maximum Gasteiger partial charge on any atom is 0.416 e. The molecule has 0 aromatic heterocycles. The highest BCUT2D eigenvalue weighted by Crippen LogP contribution is 2.30. The largest absolute Gasteiger partial charge is 0.492 e. The third-order valence-corrected chi connectivity index (χ3v) is 3.30. The maximum absolute atomic E-state index is 12.8. The van der Waals surface area contributed by atoms with Gasteiger partial charge >= 0.3 is 12.2 Å². The van der Waals surface area contributed by atoms with Crippen LogP contribution in [0.3, 0.4) is 0 Å². The molecule has 0 aliphatic carbocycles. The number of hydrogen-bond acceptors (Lipinski definition) is 2. The number of carbonyl (C=O) groups excluding carboxylic acids is 1. The van der Waals surface area contributed by atoms with Crippen LogP contribution in [0.1, 0.15) is 5.56 Å². The minimum absolute atomic E-state index is 0.0473. The number of nitrogens with one attached hydrogen (secondary N) is 1. The second-order valence-electron chi connectivity index (χ2n) is 5.23. The van der Waals surface area contributed by atoms with Gasteiger partial charge in [-0.1, -0.05) is 6.07 Å². The lowest BCUT2D eigenvalue weighted by Gasteiger charge is -2.18. The van der Waals surface area contributed by atoms with Crippen LogP contribution in [0.4, 0.5) is 28.0 Å². The van der Waals surface area contributed by atoms with Gasteiger partial charge < -0.3 is 15.0 Å². The van der Waals surface area contributed by atoms with Crippen LogP contribution in [0.15, 0.2) is 48.5 Å². The molecule has 0 saturated carbocycles. The van der Waals surface area contributed by atoms with Crippen LogP contribution in [-0.2, 0) is 6.18 Å². The van der Waals surface area contributed by atoms with Crippen LogP contribution in [0, 0.1) is 5.82 Å². The first-order valence-electron chi connectivity index (χ1n) is 7.33. The molecule has 4 nitrogen and oxygen atoms in total. The predicted molar refractivity (Wildman–Crippen MR) is 85.0 cm³/mol. The summed E-state index contributed by atoms with van der Waals surface area (Å²) in [5.41, 5.74) is -0.793. The molecule has 1 N–H and O–H groups in total. The average molecular weight is 356 g/mol. The van der Waals surface area contributed by atoms with Crippen molar-refractivity contribution in [3.63, 3.8) is 0 Å². The van der Waals surface area contributed by atoms with Crippen LogP contribution in [0.2, 0.25) is 0 Å². The van der Waals surface area contributed by atoms with Gasteiger partial charge in [-0.3, -0.25) is 0 Å². The van der Waals surface area contributed by atoms with Crippen LogP contribution in [0.25, 0.3) is 0 Å². The van der Waals surface area contributed by atoms with Crippen LogP contribution < -0.4 is 10.1 Å². The van der Waals surface area contributed by atoms with Crippen LogP contribution >= 0.6 is 0 Å². The number of benzene rings is 2. The third kappa shape index (κ3) is 5.66. The number of ether oxygens (including phenoxy) is 1. The molecular formula is C17H16F4N2O2. The lowest BCUT2D eigenvalue weighted by molar-refractivity contribution is -0.137. The van der Waals surface area contributed by atoms with Crippen molar-refractivity contribution in [2.75, 3.05) is 25.5 Å². The fraction of sp³-hybridized carbons (Fsp3) is 0.235. The highest BCUT2D eigenvalue weighted by atomic mass is 19.4. The van der Waals surface area contributed by atoms with Crippen molar-refractivity contribution in [2.24, 2.45) is 0 Å². The molecule has 8 heteroatoms. The smallest absolute Gasteiger partial charge is 0.416 e. The van der Waals surface area contributed by atoms with Gasteiger partial charge in [0, 0.05) is 12.7 Å². The summed E-state index contributed by atoms with van der Waals surface area (Å²) in [7, 11) is 1.48. The summed E-state index contributed by atoms with van der Waals surface area (Å²) < 4.78 is 56.1. The van der Waals surface area contributed by atoms with Crippen LogP contribution in [0.5, 0.6) is 5.75 Å². The Kier molecular flexibility index (Phi) is 5.84. The third-order valence-electron chi connectivity index (χ3n) is 3.30. The normalized spacial score (nSPS) is 11.1. The summed E-state index contributed by atoms with van der Waals surface area (Å²) in [5.74, 6) is 0.0676. The highest BCUT2D eigenvalue weighted by molar-refractivity contribution is 5.89. The van der Waals surface area contributed by atoms with Crippen molar-refractivity contribution >= 4 is 11.7 Å². The number of halogens is 4. The molecule has 2 aromatic carbocycles. The molecule has 0 aliphatic heterocycles. The second-order valence-corrected chi connectivity index (χ2v) is 5.23. The van der Waals surface area contributed by atoms with Gasteiger partial charge in [0.1, 0.15) is 18.2 Å². The molecule has 134 valence electrons. The molecule has 0 unspecified atom stereocenters. The Bertz CT molecular complexity index is 717. The summed E-state index contributed by atoms with van der Waals surface area (Å²) in [6.07, 6.45) is -4.48. The van der Waals surface area contributed by atoms with Gasteiger partial charge in [-0.05, 0) is 42.5 Å². The summed E-state index contributed by atoms with van der Waals surface area (Å²) in [6, 6.07) is 9.22. The number of urea groups is 1. The van der Waals surface area contributed by atoms with Crippen molar-refractivity contribution in [2.45, 2.75) is 6.18 Å². The Morgan fingerprint density at radius 2 is 1.84 bits per heavy atom. The van der Waals surface area contributed by atoms with Crippen molar-refractivity contribution in [3.05, 3.63) is 59.9 Å². The Morgan fingerprint density at radius 1 is 1.16 bits per heavy atom. The van der Waals surface area contributed by atoms with Crippen LogP contribution in [-0.4, -0.2) is 31.1 Å². The first-order valence-corrected chi connectivity index (χ1v) is 7.33. The van der Waals surface area contributed by atoms with E-state index in [1.807, 2.05) is 0 Å². The summed E-state index contributed by atoms with van der Waals surface area (Å²) in [4.78, 5) is 13.3. The van der Waals surface area contributed by atoms with Gasteiger partial charge in [0.05, 0.1) is 12.1 Å². The standard InChI is InChI=1S/C17H16F4N2O2/c1-23(9-10-25-15-7-5-13(18)6-8-15)16(24)22-14-4-2-3-12(11-14)17(19,20)21/h2-8,11H,9-10H2,1H3,(H,22,24). The minimum atomic E-state index is -4.48. The molecule has 0 heterocycles. The fourth-order valence-corrected chi connectivity index (χ4v) is 1.92. The molecule has 25 heavy (non-hydrogen) atoms. The van der Waals surface area contributed by atoms with Gasteiger partial charge in [-0.2, -0.15) is 13.2 Å². The SMILES string of the molecule is CN(CCOc1ccc(F)cc1)C(=O)Nc1cccc(C(F)(F)F)c1. The molecule has 2 rings (SSSR count). The lowest BCUT2D eigenvalue weighted by atomic mass is 10.2. The van der Waals surface area contributed by atoms with E-state index in [-0.39, 0.29) is 24.7 Å². The Hall–Kier alpha value is -2.77. The van der Waals surface area contributed by atoms with Crippen molar-refractivity contribution in [3.8, 4) is 5.75 Å². The number of rotatable bonds is 5. The lowest BCUT2D eigenvalue weighted by Crippen LogP contribution is -2.34. The highest BCUT2D eigenvalue weighted by Gasteiger charge is 2.30. The van der Waals surface area contributed by atoms with E-state index in [0.717, 1.165) is 12.1 Å². The number of carbonyl (C=O) groups is 1. The minimum Gasteiger partial charge on any atom is -0.492 e. The molecule has 2 aromatic rings. The van der Waals surface area contributed by atoms with E-state index in [4.69, 9.17) is 4.74 Å². The quantitative estimate of drug-likeness (QED) is 0.808. The van der Waals surface area contributed by atoms with E-state index in [9.17, 15) is 22.4 Å². The molecule has 0 radical (unpaired) electrons. The Morgan fingerprint density at radius 3 is 2.48 bits per heavy atom. The van der Waals surface area contributed by atoms with E-state index in [1.165, 1.54) is 48.3 Å². The van der Waals surface area contributed by atoms with E-state index in [1.54, 1.807) is 0 Å². The molecule has 0 spiro atoms. The Balaban J connectivity index is 1.85. The van der Waals surface area contributed by atoms with Crippen molar-refractivity contribution < 1.29 is 27.1 Å². The summed E-state index contributed by atoms with van der Waals surface area (Å²) in [6.45, 7) is 0.348. The Labute approximate surface area is 142 Å². The summed E-state index contributed by atoms with van der Waals surface area (Å²) >= 11 is 0. The van der Waals surface area contributed by atoms with Gasteiger partial charge in [0.15, 0.2) is 0 Å². The van der Waals surface area contributed by atoms with E-state index < -0.39 is 17.8 Å². The topological polar surface area (TPSA) is 41.6 Å².